The van der Waals surface area contributed by atoms with E-state index in [4.69, 9.17) is 36.3 Å². The highest BCUT2D eigenvalue weighted by molar-refractivity contribution is 6.30. The van der Waals surface area contributed by atoms with E-state index >= 15 is 0 Å². The first-order chi connectivity index (χ1) is 16.0. The Balaban J connectivity index is 1.54. The largest absolute Gasteiger partial charge is 0.493 e. The van der Waals surface area contributed by atoms with Crippen LogP contribution in [0, 0.1) is 11.3 Å². The van der Waals surface area contributed by atoms with Gasteiger partial charge in [-0.1, -0.05) is 41.9 Å². The summed E-state index contributed by atoms with van der Waals surface area (Å²) >= 11 is 6.01. The van der Waals surface area contributed by atoms with Gasteiger partial charge < -0.3 is 24.7 Å². The Morgan fingerprint density at radius 1 is 1.12 bits per heavy atom. The standard InChI is InChI=1S/C25H19ClN2O5/c1-30-20-4-2-3-5-21(20)31-14-23(29)32-17-10-11-18-22(12-17)33-25(28)19(13-27)24(18)15-6-8-16(26)9-7-15/h2-12,24H,14,28H2,1H3. The van der Waals surface area contributed by atoms with Crippen molar-refractivity contribution >= 4 is 17.6 Å². The minimum atomic E-state index is -0.604. The lowest BCUT2D eigenvalue weighted by Gasteiger charge is -2.26. The molecule has 8 heteroatoms. The Morgan fingerprint density at radius 2 is 1.85 bits per heavy atom. The predicted molar refractivity (Wildman–Crippen MR) is 121 cm³/mol. The van der Waals surface area contributed by atoms with E-state index in [1.54, 1.807) is 54.6 Å². The summed E-state index contributed by atoms with van der Waals surface area (Å²) in [5.74, 6) is 0.539. The monoisotopic (exact) mass is 462 g/mol. The number of para-hydroxylation sites is 2. The van der Waals surface area contributed by atoms with Crippen LogP contribution < -0.4 is 24.7 Å². The van der Waals surface area contributed by atoms with E-state index < -0.39 is 11.9 Å². The van der Waals surface area contributed by atoms with Gasteiger partial charge in [0.15, 0.2) is 18.1 Å². The van der Waals surface area contributed by atoms with E-state index in [-0.39, 0.29) is 18.2 Å². The second-order valence-corrected chi connectivity index (χ2v) is 7.53. The summed E-state index contributed by atoms with van der Waals surface area (Å²) in [6.07, 6.45) is 0. The predicted octanol–water partition coefficient (Wildman–Crippen LogP) is 4.55. The zero-order chi connectivity index (χ0) is 23.4. The van der Waals surface area contributed by atoms with Gasteiger partial charge in [0.25, 0.3) is 0 Å². The number of methoxy groups -OCH3 is 1. The molecule has 33 heavy (non-hydrogen) atoms. The number of fused-ring (bicyclic) bond motifs is 1. The van der Waals surface area contributed by atoms with Crippen LogP contribution in [0.3, 0.4) is 0 Å². The van der Waals surface area contributed by atoms with E-state index in [0.717, 1.165) is 5.56 Å². The fraction of sp³-hybridized carbons (Fsp3) is 0.120. The summed E-state index contributed by atoms with van der Waals surface area (Å²) in [6.45, 7) is -0.313. The van der Waals surface area contributed by atoms with Crippen molar-refractivity contribution in [3.05, 3.63) is 94.3 Å². The number of ether oxygens (including phenoxy) is 4. The van der Waals surface area contributed by atoms with Crippen molar-refractivity contribution in [2.75, 3.05) is 13.7 Å². The van der Waals surface area contributed by atoms with E-state index in [1.165, 1.54) is 7.11 Å². The number of halogens is 1. The average Bonchev–Trinajstić information content (AvgIpc) is 2.82. The molecule has 2 N–H and O–H groups in total. The number of allylic oxidation sites excluding steroid dienone is 1. The summed E-state index contributed by atoms with van der Waals surface area (Å²) in [4.78, 5) is 12.3. The number of rotatable bonds is 6. The van der Waals surface area contributed by atoms with Crippen molar-refractivity contribution < 1.29 is 23.7 Å². The highest BCUT2D eigenvalue weighted by atomic mass is 35.5. The molecule has 0 fully saturated rings. The topological polar surface area (TPSA) is 104 Å². The molecular formula is C25H19ClN2O5. The number of benzene rings is 3. The number of carbonyl (C=O) groups excluding carboxylic acids is 1. The third kappa shape index (κ3) is 4.71. The number of carbonyl (C=O) groups is 1. The highest BCUT2D eigenvalue weighted by Crippen LogP contribution is 2.43. The maximum Gasteiger partial charge on any atom is 0.349 e. The number of nitrogens with two attached hydrogens (primary N) is 1. The van der Waals surface area contributed by atoms with Crippen molar-refractivity contribution in [3.63, 3.8) is 0 Å². The molecule has 3 aromatic rings. The van der Waals surface area contributed by atoms with Crippen molar-refractivity contribution in [1.29, 1.82) is 5.26 Å². The van der Waals surface area contributed by atoms with Gasteiger partial charge in [-0.25, -0.2) is 4.79 Å². The molecular weight excluding hydrogens is 444 g/mol. The van der Waals surface area contributed by atoms with Gasteiger partial charge in [0.1, 0.15) is 23.1 Å². The van der Waals surface area contributed by atoms with Crippen LogP contribution in [0.15, 0.2) is 78.2 Å². The molecule has 0 bridgehead atoms. The molecule has 1 aliphatic rings. The molecule has 1 unspecified atom stereocenters. The zero-order valence-corrected chi connectivity index (χ0v) is 18.3. The highest BCUT2D eigenvalue weighted by Gasteiger charge is 2.31. The van der Waals surface area contributed by atoms with Crippen molar-refractivity contribution in [2.24, 2.45) is 5.73 Å². The van der Waals surface area contributed by atoms with Crippen LogP contribution in [0.25, 0.3) is 0 Å². The van der Waals surface area contributed by atoms with Crippen LogP contribution in [0.5, 0.6) is 23.0 Å². The Labute approximate surface area is 195 Å². The van der Waals surface area contributed by atoms with Gasteiger partial charge in [0.2, 0.25) is 5.88 Å². The number of nitrogens with zero attached hydrogens (tertiary/aromatic N) is 1. The number of hydrogen-bond donors (Lipinski definition) is 1. The lowest BCUT2D eigenvalue weighted by atomic mass is 9.83. The molecule has 4 rings (SSSR count). The second kappa shape index (κ2) is 9.55. The quantitative estimate of drug-likeness (QED) is 0.423. The summed E-state index contributed by atoms with van der Waals surface area (Å²) in [6, 6.07) is 21.2. The van der Waals surface area contributed by atoms with Crippen LogP contribution in [0.1, 0.15) is 17.0 Å². The third-order valence-corrected chi connectivity index (χ3v) is 5.29. The average molecular weight is 463 g/mol. The van der Waals surface area contributed by atoms with Crippen LogP contribution in [0.4, 0.5) is 0 Å². The summed E-state index contributed by atoms with van der Waals surface area (Å²) in [5, 5.41) is 10.2. The fourth-order valence-electron chi connectivity index (χ4n) is 3.53. The molecule has 0 spiro atoms. The first-order valence-corrected chi connectivity index (χ1v) is 10.3. The normalized spacial score (nSPS) is 14.5. The fourth-order valence-corrected chi connectivity index (χ4v) is 3.66. The van der Waals surface area contributed by atoms with E-state index in [9.17, 15) is 10.1 Å². The van der Waals surface area contributed by atoms with Crippen LogP contribution in [-0.2, 0) is 4.79 Å². The summed E-state index contributed by atoms with van der Waals surface area (Å²) in [7, 11) is 1.52. The molecule has 166 valence electrons. The maximum absolute atomic E-state index is 12.3. The molecule has 0 saturated carbocycles. The first kappa shape index (κ1) is 22.1. The van der Waals surface area contributed by atoms with Crippen molar-refractivity contribution in [1.82, 2.24) is 0 Å². The third-order valence-electron chi connectivity index (χ3n) is 5.04. The number of hydrogen-bond acceptors (Lipinski definition) is 7. The van der Waals surface area contributed by atoms with E-state index in [2.05, 4.69) is 6.07 Å². The minimum Gasteiger partial charge on any atom is -0.493 e. The first-order valence-electron chi connectivity index (χ1n) is 9.93. The smallest absolute Gasteiger partial charge is 0.349 e. The summed E-state index contributed by atoms with van der Waals surface area (Å²) in [5.41, 5.74) is 7.86. The van der Waals surface area contributed by atoms with E-state index in [0.29, 0.717) is 33.4 Å². The lowest BCUT2D eigenvalue weighted by Crippen LogP contribution is -2.21. The number of nitriles is 1. The van der Waals surface area contributed by atoms with Gasteiger partial charge in [-0.3, -0.25) is 0 Å². The molecule has 1 aliphatic heterocycles. The Bertz CT molecular complexity index is 1260. The second-order valence-electron chi connectivity index (χ2n) is 7.09. The number of esters is 1. The van der Waals surface area contributed by atoms with Crippen molar-refractivity contribution in [3.8, 4) is 29.1 Å². The van der Waals surface area contributed by atoms with Gasteiger partial charge in [0.05, 0.1) is 13.0 Å². The molecule has 0 saturated heterocycles. The van der Waals surface area contributed by atoms with Crippen LogP contribution >= 0.6 is 11.6 Å². The Kier molecular flexibility index (Phi) is 6.38. The summed E-state index contributed by atoms with van der Waals surface area (Å²) < 4.78 is 21.8. The molecule has 0 radical (unpaired) electrons. The minimum absolute atomic E-state index is 0.00654. The van der Waals surface area contributed by atoms with Gasteiger partial charge >= 0.3 is 5.97 Å². The molecule has 3 aromatic carbocycles. The van der Waals surface area contributed by atoms with Gasteiger partial charge in [0, 0.05) is 16.7 Å². The molecule has 1 heterocycles. The maximum atomic E-state index is 12.3. The molecule has 7 nitrogen and oxygen atoms in total. The lowest BCUT2D eigenvalue weighted by molar-refractivity contribution is -0.136. The van der Waals surface area contributed by atoms with Crippen LogP contribution in [0.2, 0.25) is 5.02 Å². The van der Waals surface area contributed by atoms with E-state index in [1.807, 2.05) is 12.1 Å². The van der Waals surface area contributed by atoms with Crippen LogP contribution in [-0.4, -0.2) is 19.7 Å². The molecule has 0 aromatic heterocycles. The zero-order valence-electron chi connectivity index (χ0n) is 17.6. The van der Waals surface area contributed by atoms with Gasteiger partial charge in [-0.05, 0) is 35.9 Å². The van der Waals surface area contributed by atoms with Gasteiger partial charge in [-0.2, -0.15) is 5.26 Å². The molecule has 0 aliphatic carbocycles. The van der Waals surface area contributed by atoms with Gasteiger partial charge in [-0.15, -0.1) is 0 Å². The SMILES string of the molecule is COc1ccccc1OCC(=O)Oc1ccc2c(c1)OC(N)=C(C#N)C2c1ccc(Cl)cc1. The molecule has 1 atom stereocenters. The van der Waals surface area contributed by atoms with Crippen molar-refractivity contribution in [2.45, 2.75) is 5.92 Å². The Morgan fingerprint density at radius 3 is 2.55 bits per heavy atom. The molecule has 0 amide bonds. The Hall–Kier alpha value is -4.15.